The molecule has 0 bridgehead atoms. The zero-order chi connectivity index (χ0) is 78.2. The molecule has 12 atom stereocenters. The van der Waals surface area contributed by atoms with Gasteiger partial charge in [-0.15, -0.1) is 0 Å². The number of phenolic OH excluding ortho intramolecular Hbond substituents is 3. The summed E-state index contributed by atoms with van der Waals surface area (Å²) in [6.45, 7) is 29.3. The predicted octanol–water partition coefficient (Wildman–Crippen LogP) is 6.24. The van der Waals surface area contributed by atoms with Gasteiger partial charge in [-0.1, -0.05) is 133 Å². The molecule has 572 valence electrons. The fourth-order valence-electron chi connectivity index (χ4n) is 12.2. The van der Waals surface area contributed by atoms with Crippen LogP contribution in [0, 0.1) is 41.4 Å². The van der Waals surface area contributed by atoms with Gasteiger partial charge >= 0.3 is 0 Å². The van der Waals surface area contributed by atoms with Crippen molar-refractivity contribution in [2.24, 2.45) is 41.4 Å². The summed E-state index contributed by atoms with van der Waals surface area (Å²) in [5, 5.41) is 50.8. The van der Waals surface area contributed by atoms with E-state index in [-0.39, 0.29) is 73.0 Å². The molecule has 0 aliphatic carbocycles. The highest BCUT2D eigenvalue weighted by Gasteiger charge is 2.46. The summed E-state index contributed by atoms with van der Waals surface area (Å²) in [5.41, 5.74) is 1.63. The van der Waals surface area contributed by atoms with Gasteiger partial charge in [0.25, 0.3) is 0 Å². The molecule has 0 saturated carbocycles. The van der Waals surface area contributed by atoms with E-state index in [1.165, 1.54) is 93.7 Å². The van der Waals surface area contributed by atoms with Gasteiger partial charge in [-0.05, 0) is 136 Å². The molecule has 1 aliphatic rings. The van der Waals surface area contributed by atoms with E-state index in [2.05, 4.69) is 21.3 Å². The molecular formula is C76H123N11O15. The van der Waals surface area contributed by atoms with Crippen LogP contribution in [0.5, 0.6) is 17.2 Å². The standard InChI is InChI=1S/C62H111N11O12.C14H12O3/c1-25-27-28-40(15)52(75)51-56(79)65-43(26-2)58(81)67(18)33-48(74)68(19)44(29-34(3)4)55(78)66-49(38(11)12)61(84)69(20)45(30-35(5)6)54(77)63-41(16)53(76)64-42(17)57(80)70(21)46(31-36(7)8)59(82)71(22)47(32-37(9)10)60(83)72(23)50(39(13)14)62(85)73(51)24;15-12-5-3-10(4-6-12)1-2-11-7-13(16)9-14(17)8-11/h25,27,34-47,49-52,75H,26,28-33H2,1-24H3,(H,63,77)(H,64,76)(H,65,79)(H,66,78);1-9,15-17H. The maximum atomic E-state index is 15.1. The first kappa shape index (κ1) is 89.5. The number of likely N-dealkylation sites (N-methyl/N-ethyl adjacent to an activating group) is 7. The molecule has 12 unspecified atom stereocenters. The first-order valence-corrected chi connectivity index (χ1v) is 35.7. The maximum absolute atomic E-state index is 15.1. The van der Waals surface area contributed by atoms with Crippen molar-refractivity contribution < 1.29 is 73.2 Å². The van der Waals surface area contributed by atoms with Crippen LogP contribution in [0.25, 0.3) is 12.2 Å². The summed E-state index contributed by atoms with van der Waals surface area (Å²) in [4.78, 5) is 169. The minimum absolute atomic E-state index is 0.0229. The van der Waals surface area contributed by atoms with Gasteiger partial charge in [-0.3, -0.25) is 52.7 Å². The van der Waals surface area contributed by atoms with Crippen LogP contribution in [0.15, 0.2) is 54.6 Å². The lowest BCUT2D eigenvalue weighted by atomic mass is 9.91. The van der Waals surface area contributed by atoms with E-state index < -0.39 is 156 Å². The van der Waals surface area contributed by atoms with Crippen molar-refractivity contribution >= 4 is 77.1 Å². The summed E-state index contributed by atoms with van der Waals surface area (Å²) in [7, 11) is 9.92. The van der Waals surface area contributed by atoms with E-state index in [0.717, 1.165) is 15.4 Å². The van der Waals surface area contributed by atoms with Crippen LogP contribution in [-0.2, 0) is 52.7 Å². The van der Waals surface area contributed by atoms with Crippen LogP contribution in [0.2, 0.25) is 0 Å². The molecule has 26 nitrogen and oxygen atoms in total. The second-order valence-corrected chi connectivity index (χ2v) is 29.8. The summed E-state index contributed by atoms with van der Waals surface area (Å²) in [6, 6.07) is -1.21. The zero-order valence-corrected chi connectivity index (χ0v) is 65.1. The van der Waals surface area contributed by atoms with E-state index in [0.29, 0.717) is 12.0 Å². The molecule has 0 spiro atoms. The third kappa shape index (κ3) is 26.4. The Labute approximate surface area is 606 Å². The van der Waals surface area contributed by atoms with Gasteiger partial charge < -0.3 is 76.0 Å². The van der Waals surface area contributed by atoms with Gasteiger partial charge in [0.2, 0.25) is 65.0 Å². The van der Waals surface area contributed by atoms with Gasteiger partial charge in [-0.2, -0.15) is 0 Å². The number of hydrogen-bond acceptors (Lipinski definition) is 15. The van der Waals surface area contributed by atoms with Gasteiger partial charge in [-0.25, -0.2) is 0 Å². The number of hydrogen-bond donors (Lipinski definition) is 8. The smallest absolute Gasteiger partial charge is 0.246 e. The number of allylic oxidation sites excluding steroid dienone is 2. The Kier molecular flexibility index (Phi) is 36.5. The number of nitrogens with one attached hydrogen (secondary N) is 4. The Bertz CT molecular complexity index is 3190. The second-order valence-electron chi connectivity index (χ2n) is 29.8. The van der Waals surface area contributed by atoms with Crippen LogP contribution in [0.3, 0.4) is 0 Å². The highest BCUT2D eigenvalue weighted by atomic mass is 16.3. The topological polar surface area (TPSA) is 339 Å². The number of rotatable bonds is 17. The van der Waals surface area contributed by atoms with Crippen molar-refractivity contribution in [3.05, 3.63) is 65.7 Å². The normalized spacial score (nSPS) is 24.2. The Morgan fingerprint density at radius 2 is 0.882 bits per heavy atom. The predicted molar refractivity (Wildman–Crippen MR) is 395 cm³/mol. The first-order chi connectivity index (χ1) is 47.3. The molecule has 0 aromatic heterocycles. The van der Waals surface area contributed by atoms with Crippen molar-refractivity contribution in [3.8, 4) is 17.2 Å². The molecule has 102 heavy (non-hydrogen) atoms. The highest BCUT2D eigenvalue weighted by molar-refractivity contribution is 5.99. The van der Waals surface area contributed by atoms with Crippen molar-refractivity contribution in [2.75, 3.05) is 55.9 Å². The summed E-state index contributed by atoms with van der Waals surface area (Å²) in [6.07, 6.45) is 6.64. The lowest BCUT2D eigenvalue weighted by Crippen LogP contribution is -2.63. The Hall–Kier alpha value is -8.55. The first-order valence-electron chi connectivity index (χ1n) is 35.7. The van der Waals surface area contributed by atoms with Crippen LogP contribution >= 0.6 is 0 Å². The number of aromatic hydroxyl groups is 3. The lowest BCUT2D eigenvalue weighted by molar-refractivity contribution is -0.157. The van der Waals surface area contributed by atoms with Gasteiger partial charge in [0.1, 0.15) is 77.7 Å². The molecule has 2 aromatic rings. The monoisotopic (exact) mass is 1430 g/mol. The van der Waals surface area contributed by atoms with Crippen molar-refractivity contribution in [2.45, 2.75) is 223 Å². The van der Waals surface area contributed by atoms with Crippen molar-refractivity contribution in [1.29, 1.82) is 0 Å². The number of aliphatic hydroxyl groups excluding tert-OH is 1. The minimum atomic E-state index is -1.61. The fourth-order valence-corrected chi connectivity index (χ4v) is 12.2. The average Bonchev–Trinajstić information content (AvgIpc) is 0.797. The highest BCUT2D eigenvalue weighted by Crippen LogP contribution is 2.27. The van der Waals surface area contributed by atoms with Gasteiger partial charge in [0, 0.05) is 55.4 Å². The number of amides is 11. The minimum Gasteiger partial charge on any atom is -0.508 e. The van der Waals surface area contributed by atoms with E-state index in [4.69, 9.17) is 5.11 Å². The summed E-state index contributed by atoms with van der Waals surface area (Å²) < 4.78 is 0. The third-order valence-electron chi connectivity index (χ3n) is 18.4. The number of nitrogens with zero attached hydrogens (tertiary/aromatic N) is 7. The van der Waals surface area contributed by atoms with Crippen LogP contribution in [0.1, 0.15) is 167 Å². The van der Waals surface area contributed by atoms with E-state index >= 15 is 9.59 Å². The molecule has 11 amide bonds. The lowest BCUT2D eigenvalue weighted by Gasteiger charge is -2.41. The van der Waals surface area contributed by atoms with Crippen LogP contribution in [-0.4, -0.2) is 242 Å². The quantitative estimate of drug-likeness (QED) is 0.0642. The van der Waals surface area contributed by atoms with Crippen LogP contribution in [0.4, 0.5) is 0 Å². The van der Waals surface area contributed by atoms with Crippen LogP contribution < -0.4 is 21.3 Å². The molecule has 2 aromatic carbocycles. The average molecular weight is 1430 g/mol. The van der Waals surface area contributed by atoms with E-state index in [1.807, 2.05) is 67.5 Å². The molecule has 1 heterocycles. The Morgan fingerprint density at radius 3 is 1.35 bits per heavy atom. The Morgan fingerprint density at radius 1 is 0.451 bits per heavy atom. The van der Waals surface area contributed by atoms with Crippen molar-refractivity contribution in [3.63, 3.8) is 0 Å². The molecule has 0 radical (unpaired) electrons. The second kappa shape index (κ2) is 41.5. The largest absolute Gasteiger partial charge is 0.508 e. The zero-order valence-electron chi connectivity index (χ0n) is 65.1. The number of aliphatic hydroxyl groups is 1. The van der Waals surface area contributed by atoms with E-state index in [1.54, 1.807) is 97.0 Å². The number of carbonyl (C=O) groups excluding carboxylic acids is 11. The number of carbonyl (C=O) groups is 11. The van der Waals surface area contributed by atoms with E-state index in [9.17, 15) is 58.5 Å². The van der Waals surface area contributed by atoms with Gasteiger partial charge in [0.15, 0.2) is 0 Å². The molecule has 3 rings (SSSR count). The SMILES string of the molecule is CC=CCC(C)C(O)C1C(=O)NC(CC)C(=O)N(C)CC(=O)N(C)C(CC(C)C)C(=O)NC(C(C)C)C(=O)N(C)C(CC(C)C)C(=O)NC(C)C(=O)NC(C)C(=O)N(C)C(CC(C)C)C(=O)N(C)C(CC(C)C)C(=O)N(C)C(C(C)C)C(=O)N1C.Oc1ccc(C=Cc2cc(O)cc(O)c2)cc1. The molecule has 26 heteroatoms. The number of benzene rings is 2. The number of phenols is 3. The summed E-state index contributed by atoms with van der Waals surface area (Å²) >= 11 is 0. The molecule has 1 aliphatic heterocycles. The fraction of sp³-hybridized carbons (Fsp3) is 0.645. The molecule has 8 N–H and O–H groups in total. The molecular weight excluding hydrogens is 1310 g/mol. The van der Waals surface area contributed by atoms with Crippen molar-refractivity contribution in [1.82, 2.24) is 55.6 Å². The summed E-state index contributed by atoms with van der Waals surface area (Å²) in [5.74, 6) is -9.44. The Balaban J connectivity index is 0.00000179. The molecule has 1 fully saturated rings. The molecule has 1 saturated heterocycles. The maximum Gasteiger partial charge on any atom is 0.246 e. The van der Waals surface area contributed by atoms with Gasteiger partial charge in [0.05, 0.1) is 12.6 Å². The third-order valence-corrected chi connectivity index (χ3v) is 18.4.